The molecule has 0 aromatic carbocycles. The maximum absolute atomic E-state index is 12.4. The monoisotopic (exact) mass is 260 g/mol. The number of allylic oxidation sites excluding steroid dienone is 1. The van der Waals surface area contributed by atoms with E-state index in [1.807, 2.05) is 6.08 Å². The first kappa shape index (κ1) is 12.0. The molecule has 0 aromatic heterocycles. The maximum Gasteiger partial charge on any atom is 0.251 e. The second kappa shape index (κ2) is 4.22. The SMILES string of the molecule is N=C1NC(=O)CCC1N1CC2=C(CCC(N)=C2)C1=O. The minimum absolute atomic E-state index is 0.00958. The zero-order chi connectivity index (χ0) is 13.6. The van der Waals surface area contributed by atoms with Crippen molar-refractivity contribution < 1.29 is 9.59 Å². The van der Waals surface area contributed by atoms with E-state index in [1.54, 1.807) is 4.90 Å². The topological polar surface area (TPSA) is 99.3 Å². The Morgan fingerprint density at radius 3 is 2.84 bits per heavy atom. The molecule has 0 saturated carbocycles. The lowest BCUT2D eigenvalue weighted by molar-refractivity contribution is -0.128. The fourth-order valence-corrected chi connectivity index (χ4v) is 2.90. The third-order valence-corrected chi connectivity index (χ3v) is 3.90. The molecule has 1 aliphatic carbocycles. The van der Waals surface area contributed by atoms with E-state index in [0.29, 0.717) is 25.8 Å². The molecule has 1 fully saturated rings. The molecule has 100 valence electrons. The van der Waals surface area contributed by atoms with E-state index in [0.717, 1.165) is 23.3 Å². The molecule has 3 aliphatic rings. The molecular weight excluding hydrogens is 244 g/mol. The Hall–Kier alpha value is -2.11. The molecule has 1 atom stereocenters. The Labute approximate surface area is 110 Å². The molecule has 1 saturated heterocycles. The summed E-state index contributed by atoms with van der Waals surface area (Å²) in [6.45, 7) is 0.498. The van der Waals surface area contributed by atoms with Gasteiger partial charge in [-0.25, -0.2) is 0 Å². The second-order valence-electron chi connectivity index (χ2n) is 5.17. The zero-order valence-electron chi connectivity index (χ0n) is 10.5. The fraction of sp³-hybridized carbons (Fsp3) is 0.462. The van der Waals surface area contributed by atoms with E-state index < -0.39 is 0 Å². The number of carbonyl (C=O) groups excluding carboxylic acids is 2. The average molecular weight is 260 g/mol. The quantitative estimate of drug-likeness (QED) is 0.619. The summed E-state index contributed by atoms with van der Waals surface area (Å²) in [6, 6.07) is -0.314. The summed E-state index contributed by atoms with van der Waals surface area (Å²) in [5.41, 5.74) is 8.40. The number of nitrogens with one attached hydrogen (secondary N) is 2. The van der Waals surface area contributed by atoms with Gasteiger partial charge >= 0.3 is 0 Å². The van der Waals surface area contributed by atoms with Crippen LogP contribution in [0.25, 0.3) is 0 Å². The van der Waals surface area contributed by atoms with Crippen LogP contribution in [0, 0.1) is 5.41 Å². The van der Waals surface area contributed by atoms with Crippen LogP contribution in [-0.2, 0) is 9.59 Å². The van der Waals surface area contributed by atoms with Crippen molar-refractivity contribution in [1.82, 2.24) is 10.2 Å². The molecule has 2 heterocycles. The molecule has 6 nitrogen and oxygen atoms in total. The molecular formula is C13H16N4O2. The van der Waals surface area contributed by atoms with Crippen molar-refractivity contribution >= 4 is 17.6 Å². The van der Waals surface area contributed by atoms with Crippen LogP contribution in [0.2, 0.25) is 0 Å². The first-order valence-electron chi connectivity index (χ1n) is 6.43. The molecule has 2 aliphatic heterocycles. The first-order chi connectivity index (χ1) is 9.06. The van der Waals surface area contributed by atoms with Crippen molar-refractivity contribution in [2.45, 2.75) is 31.7 Å². The lowest BCUT2D eigenvalue weighted by Gasteiger charge is -2.31. The Kier molecular flexibility index (Phi) is 2.66. The highest BCUT2D eigenvalue weighted by atomic mass is 16.2. The van der Waals surface area contributed by atoms with Crippen LogP contribution in [0.4, 0.5) is 0 Å². The average Bonchev–Trinajstić information content (AvgIpc) is 2.66. The van der Waals surface area contributed by atoms with Gasteiger partial charge in [0.2, 0.25) is 5.91 Å². The number of hydrogen-bond donors (Lipinski definition) is 3. The summed E-state index contributed by atoms with van der Waals surface area (Å²) < 4.78 is 0. The predicted molar refractivity (Wildman–Crippen MR) is 69.1 cm³/mol. The number of carbonyl (C=O) groups is 2. The van der Waals surface area contributed by atoms with Gasteiger partial charge in [-0.3, -0.25) is 15.0 Å². The third kappa shape index (κ3) is 1.93. The summed E-state index contributed by atoms with van der Waals surface area (Å²) >= 11 is 0. The van der Waals surface area contributed by atoms with Crippen molar-refractivity contribution in [2.75, 3.05) is 6.54 Å². The number of amides is 2. The van der Waals surface area contributed by atoms with Crippen LogP contribution >= 0.6 is 0 Å². The largest absolute Gasteiger partial charge is 0.402 e. The summed E-state index contributed by atoms with van der Waals surface area (Å²) in [5.74, 6) is -0.0270. The Bertz CT molecular complexity index is 547. The zero-order valence-corrected chi connectivity index (χ0v) is 10.5. The van der Waals surface area contributed by atoms with Gasteiger partial charge in [0.15, 0.2) is 0 Å². The smallest absolute Gasteiger partial charge is 0.251 e. The standard InChI is InChI=1S/C13H16N4O2/c14-8-1-2-9-7(5-8)6-17(13(9)19)10-3-4-11(18)16-12(10)15/h5,10H,1-4,6,14H2,(H2,15,16,18). The molecule has 3 rings (SSSR count). The highest BCUT2D eigenvalue weighted by Gasteiger charge is 2.38. The van der Waals surface area contributed by atoms with Gasteiger partial charge in [0.1, 0.15) is 5.84 Å². The van der Waals surface area contributed by atoms with Crippen LogP contribution in [-0.4, -0.2) is 35.1 Å². The Morgan fingerprint density at radius 1 is 1.32 bits per heavy atom. The van der Waals surface area contributed by atoms with Gasteiger partial charge < -0.3 is 16.0 Å². The van der Waals surface area contributed by atoms with Gasteiger partial charge in [-0.05, 0) is 30.9 Å². The summed E-state index contributed by atoms with van der Waals surface area (Å²) in [7, 11) is 0. The Morgan fingerprint density at radius 2 is 2.11 bits per heavy atom. The third-order valence-electron chi connectivity index (χ3n) is 3.90. The first-order valence-corrected chi connectivity index (χ1v) is 6.43. The van der Waals surface area contributed by atoms with E-state index >= 15 is 0 Å². The number of hydrogen-bond acceptors (Lipinski definition) is 4. The van der Waals surface area contributed by atoms with Gasteiger partial charge in [-0.15, -0.1) is 0 Å². The number of rotatable bonds is 1. The summed E-state index contributed by atoms with van der Waals surface area (Å²) in [5, 5.41) is 10.4. The molecule has 0 spiro atoms. The molecule has 6 heteroatoms. The minimum Gasteiger partial charge on any atom is -0.402 e. The van der Waals surface area contributed by atoms with Gasteiger partial charge in [0.25, 0.3) is 5.91 Å². The highest BCUT2D eigenvalue weighted by molar-refractivity contribution is 6.06. The molecule has 0 radical (unpaired) electrons. The minimum atomic E-state index is -0.314. The lowest BCUT2D eigenvalue weighted by Crippen LogP contribution is -2.53. The van der Waals surface area contributed by atoms with Gasteiger partial charge in [0.05, 0.1) is 6.04 Å². The van der Waals surface area contributed by atoms with Gasteiger partial charge in [-0.2, -0.15) is 0 Å². The lowest BCUT2D eigenvalue weighted by atomic mass is 9.98. The van der Waals surface area contributed by atoms with Crippen molar-refractivity contribution in [2.24, 2.45) is 5.73 Å². The number of nitrogens with zero attached hydrogens (tertiary/aromatic N) is 1. The highest BCUT2D eigenvalue weighted by Crippen LogP contribution is 2.31. The predicted octanol–water partition coefficient (Wildman–Crippen LogP) is 0.0175. The molecule has 2 amide bonds. The van der Waals surface area contributed by atoms with Crippen molar-refractivity contribution in [3.63, 3.8) is 0 Å². The molecule has 4 N–H and O–H groups in total. The van der Waals surface area contributed by atoms with Crippen molar-refractivity contribution in [3.8, 4) is 0 Å². The van der Waals surface area contributed by atoms with Crippen molar-refractivity contribution in [1.29, 1.82) is 5.41 Å². The summed E-state index contributed by atoms with van der Waals surface area (Å²) in [6.07, 6.45) is 4.16. The van der Waals surface area contributed by atoms with E-state index in [1.165, 1.54) is 0 Å². The molecule has 0 bridgehead atoms. The van der Waals surface area contributed by atoms with E-state index in [9.17, 15) is 9.59 Å². The van der Waals surface area contributed by atoms with Crippen LogP contribution in [0.3, 0.4) is 0 Å². The molecule has 19 heavy (non-hydrogen) atoms. The number of amidine groups is 1. The van der Waals surface area contributed by atoms with E-state index in [2.05, 4.69) is 5.32 Å². The van der Waals surface area contributed by atoms with E-state index in [4.69, 9.17) is 11.1 Å². The summed E-state index contributed by atoms with van der Waals surface area (Å²) in [4.78, 5) is 25.3. The number of nitrogens with two attached hydrogens (primary N) is 1. The maximum atomic E-state index is 12.4. The fourth-order valence-electron chi connectivity index (χ4n) is 2.90. The molecule has 0 aromatic rings. The number of piperidine rings is 1. The van der Waals surface area contributed by atoms with Crippen LogP contribution < -0.4 is 11.1 Å². The van der Waals surface area contributed by atoms with E-state index in [-0.39, 0.29) is 23.7 Å². The van der Waals surface area contributed by atoms with Crippen LogP contribution in [0.1, 0.15) is 25.7 Å². The van der Waals surface area contributed by atoms with Gasteiger partial charge in [-0.1, -0.05) is 0 Å². The Balaban J connectivity index is 1.81. The second-order valence-corrected chi connectivity index (χ2v) is 5.17. The molecule has 1 unspecified atom stereocenters. The van der Waals surface area contributed by atoms with Crippen LogP contribution in [0.5, 0.6) is 0 Å². The van der Waals surface area contributed by atoms with Crippen molar-refractivity contribution in [3.05, 3.63) is 22.9 Å². The van der Waals surface area contributed by atoms with Crippen LogP contribution in [0.15, 0.2) is 22.9 Å². The normalized spacial score (nSPS) is 27.4. The van der Waals surface area contributed by atoms with Gasteiger partial charge in [0, 0.05) is 24.2 Å².